The Bertz CT molecular complexity index is 1740. The zero-order valence-electron chi connectivity index (χ0n) is 44.7. The second-order valence-electron chi connectivity index (χ2n) is 13.8. The van der Waals surface area contributed by atoms with Crippen molar-refractivity contribution in [2.45, 2.75) is 54.4 Å². The van der Waals surface area contributed by atoms with E-state index in [1.807, 2.05) is 13.8 Å². The molecule has 0 fully saturated rings. The van der Waals surface area contributed by atoms with E-state index in [0.717, 1.165) is 24.3 Å². The van der Waals surface area contributed by atoms with Crippen molar-refractivity contribution in [2.75, 3.05) is 32.0 Å². The summed E-state index contributed by atoms with van der Waals surface area (Å²) in [6.45, 7) is 12.1. The zero-order chi connectivity index (χ0) is 55.2. The number of benzene rings is 6. The first kappa shape index (κ1) is 111. The van der Waals surface area contributed by atoms with Crippen LogP contribution in [0.1, 0.15) is 54.4 Å². The average molecular weight is 2020 g/mol. The van der Waals surface area contributed by atoms with E-state index in [1.54, 1.807) is 0 Å². The van der Waals surface area contributed by atoms with E-state index in [-0.39, 0.29) is 179 Å². The summed E-state index contributed by atoms with van der Waals surface area (Å²) in [7, 11) is -0.892. The van der Waals surface area contributed by atoms with Gasteiger partial charge in [0.2, 0.25) is 0 Å². The van der Waals surface area contributed by atoms with Gasteiger partial charge in [-0.05, 0) is 61.5 Å². The summed E-state index contributed by atoms with van der Waals surface area (Å²) in [6, 6.07) is 64.7. The van der Waals surface area contributed by atoms with Gasteiger partial charge >= 0.3 is 92.6 Å². The molecule has 80 heavy (non-hydrogen) atoms. The molecule has 0 aromatic heterocycles. The van der Waals surface area contributed by atoms with Crippen molar-refractivity contribution >= 4 is 300 Å². The fraction of sp³-hybridized carbons (Fsp3) is 0.259. The number of nitrogens with zero attached hydrogens (tertiary/aromatic N) is 2. The van der Waals surface area contributed by atoms with E-state index >= 15 is 0 Å². The summed E-state index contributed by atoms with van der Waals surface area (Å²) in [5.74, 6) is 12.7. The van der Waals surface area contributed by atoms with E-state index < -0.39 is 15.8 Å². The van der Waals surface area contributed by atoms with Gasteiger partial charge in [-0.2, -0.15) is 37.9 Å². The van der Waals surface area contributed by atoms with Gasteiger partial charge in [0.1, 0.15) is 0 Å². The number of hydrogen-bond acceptors (Lipinski definition) is 4. The van der Waals surface area contributed by atoms with E-state index in [4.69, 9.17) is 151 Å². The van der Waals surface area contributed by atoms with Crippen molar-refractivity contribution in [3.05, 3.63) is 194 Å². The first-order valence-electron chi connectivity index (χ1n) is 21.4. The number of rotatable bonds is 10. The van der Waals surface area contributed by atoms with Crippen LogP contribution in [0.2, 0.25) is 0 Å². The van der Waals surface area contributed by atoms with Crippen molar-refractivity contribution in [1.82, 2.24) is 0 Å². The normalized spacial score (nSPS) is 8.93. The van der Waals surface area contributed by atoms with Crippen LogP contribution in [0, 0.1) is 11.8 Å². The summed E-state index contributed by atoms with van der Waals surface area (Å²) in [6.07, 6.45) is 1.85. The summed E-state index contributed by atoms with van der Waals surface area (Å²) in [5, 5.41) is 16.6. The third kappa shape index (κ3) is 68.6. The maximum absolute atomic E-state index is 4.99. The molecule has 0 unspecified atom stereocenters. The van der Waals surface area contributed by atoms with Crippen molar-refractivity contribution < 1.29 is 44.8 Å². The van der Waals surface area contributed by atoms with Crippen LogP contribution in [0.25, 0.3) is 0 Å². The first-order valence-corrected chi connectivity index (χ1v) is 30.5. The fourth-order valence-corrected chi connectivity index (χ4v) is 10.1. The van der Waals surface area contributed by atoms with Gasteiger partial charge in [0.15, 0.2) is 0 Å². The molecule has 4 nitrogen and oxygen atoms in total. The molecular formula is C54H68Au2Cl12N4P2S4Sn2. The molecule has 0 radical (unpaired) electrons. The Hall–Kier alpha value is 3.08. The summed E-state index contributed by atoms with van der Waals surface area (Å²) < 4.78 is 0. The minimum Gasteiger partial charge on any atom is -2.00 e. The molecule has 6 rings (SSSR count). The number of hydrogen-bond donors (Lipinski definition) is 2. The second kappa shape index (κ2) is 86.3. The molecule has 0 aliphatic carbocycles. The van der Waals surface area contributed by atoms with Crippen LogP contribution < -0.4 is 43.5 Å². The Morgan fingerprint density at radius 3 is 0.512 bits per heavy atom. The molecular weight excluding hydrogens is 1950 g/mol. The van der Waals surface area contributed by atoms with Crippen LogP contribution in [-0.4, -0.2) is 91.3 Å². The molecule has 452 valence electrons. The van der Waals surface area contributed by atoms with Crippen molar-refractivity contribution in [2.24, 2.45) is 21.9 Å². The average Bonchev–Trinajstić information content (AvgIpc) is 3.38. The Labute approximate surface area is 638 Å². The maximum atomic E-state index is 4.99. The molecule has 6 aromatic rings. The molecule has 0 bridgehead atoms. The number of nitrogens with two attached hydrogens (primary N) is 2. The van der Waals surface area contributed by atoms with Crippen LogP contribution in [-0.2, 0) is 98.7 Å². The Kier molecular flexibility index (Phi) is 119. The third-order valence-corrected chi connectivity index (χ3v) is 12.6. The minimum atomic E-state index is -0.446. The minimum absolute atomic E-state index is 0. The molecule has 0 heterocycles. The third-order valence-electron chi connectivity index (χ3n) is 7.75. The Morgan fingerprint density at radius 2 is 0.438 bits per heavy atom. The molecule has 0 aliphatic heterocycles. The van der Waals surface area contributed by atoms with Gasteiger partial charge in [-0.3, -0.25) is 0 Å². The Morgan fingerprint density at radius 1 is 0.325 bits per heavy atom. The summed E-state index contributed by atoms with van der Waals surface area (Å²) >= 11 is 57.2. The molecule has 26 heteroatoms. The summed E-state index contributed by atoms with van der Waals surface area (Å²) in [4.78, 5) is 0. The topological polar surface area (TPSA) is 76.8 Å². The number of hydrazone groups is 2. The van der Waals surface area contributed by atoms with Gasteiger partial charge in [0.25, 0.3) is 0 Å². The maximum Gasteiger partial charge on any atom is 4.00 e. The van der Waals surface area contributed by atoms with Gasteiger partial charge in [0.05, 0.1) is 32.0 Å². The predicted octanol–water partition coefficient (Wildman–Crippen LogP) is 17.3. The largest absolute Gasteiger partial charge is 4.00 e. The van der Waals surface area contributed by atoms with Crippen LogP contribution >= 0.6 is 155 Å². The smallest absolute Gasteiger partial charge is 2.00 e. The van der Waals surface area contributed by atoms with Gasteiger partial charge < -0.3 is 77.5 Å². The van der Waals surface area contributed by atoms with Crippen LogP contribution in [0.5, 0.6) is 0 Å². The van der Waals surface area contributed by atoms with Crippen LogP contribution in [0.4, 0.5) is 0 Å². The molecule has 0 atom stereocenters. The van der Waals surface area contributed by atoms with E-state index in [9.17, 15) is 0 Å². The molecule has 6 aromatic carbocycles. The predicted molar refractivity (Wildman–Crippen MR) is 384 cm³/mol. The quantitative estimate of drug-likeness (QED) is 0.0273. The molecule has 0 aliphatic rings. The monoisotopic (exact) mass is 2020 g/mol. The van der Waals surface area contributed by atoms with Crippen molar-refractivity contribution in [3.63, 3.8) is 0 Å². The molecule has 0 saturated carbocycles. The molecule has 0 saturated heterocycles. The fourth-order valence-electron chi connectivity index (χ4n) is 5.47. The molecule has 4 N–H and O–H groups in total. The van der Waals surface area contributed by atoms with Crippen molar-refractivity contribution in [3.8, 4) is 0 Å². The Balaban J connectivity index is -0.0000000706. The molecule has 0 spiro atoms. The van der Waals surface area contributed by atoms with E-state index in [2.05, 4.69) is 220 Å². The standard InChI is InChI=1S/2C18H15P.2C6H13N2.6CH2Cl2.2Au.4S.2Sn/c2*1-4-10-16(11-5-1)19(17-12-6-2-7-13-17)18-14-8-3-9-15-18;2*1-5(2)4-6(3)8-7;6*2-1-3;;;;;;;;/h2*1-15H;2*4,7H2,1-3H3;6*1H2;;;;;;;;/q;;2*-1;;;;;;;2*+1;4*-2;2*+4/b;;2*8-6+;;;;;;;;;;;;;;. The SMILES string of the molecule is C/C(C[C-](C)C)=N\N.C/C(C[C-](C)C)=N\N.ClCCl.ClCCl.ClCCl.ClCCl.ClCCl.ClCCl.[Au+].[Au+].[S-2].[S-2].[S-2].[S-2].[Sn+4].[Sn+4].c1ccc(P(c2ccccc2)c2ccccc2)cc1.c1ccc(P(c2ccccc2)c2ccccc2)cc1. The van der Waals surface area contributed by atoms with Crippen LogP contribution in [0.3, 0.4) is 0 Å². The number of alkyl halides is 12. The number of halogens is 12. The second-order valence-corrected chi connectivity index (χ2v) is 23.1. The summed E-state index contributed by atoms with van der Waals surface area (Å²) in [5.41, 5.74) is 1.98. The van der Waals surface area contributed by atoms with Gasteiger partial charge in [-0.1, -0.05) is 182 Å². The van der Waals surface area contributed by atoms with Gasteiger partial charge in [-0.25, -0.2) is 0 Å². The van der Waals surface area contributed by atoms with Crippen molar-refractivity contribution in [1.29, 1.82) is 0 Å². The van der Waals surface area contributed by atoms with Gasteiger partial charge in [-0.15, -0.1) is 152 Å². The zero-order valence-corrected chi connectivity index (χ0v) is 68.9. The van der Waals surface area contributed by atoms with E-state index in [0.29, 0.717) is 0 Å². The van der Waals surface area contributed by atoms with E-state index in [1.165, 1.54) is 43.7 Å². The van der Waals surface area contributed by atoms with Crippen LogP contribution in [0.15, 0.2) is 192 Å². The molecule has 0 amide bonds. The van der Waals surface area contributed by atoms with Gasteiger partial charge in [0, 0.05) is 11.4 Å². The first-order chi connectivity index (χ1) is 34.7.